The summed E-state index contributed by atoms with van der Waals surface area (Å²) in [5.41, 5.74) is 0.0876. The Balaban J connectivity index is 1.54. The molecule has 0 N–H and O–H groups in total. The molecule has 0 bridgehead atoms. The van der Waals surface area contributed by atoms with Crippen LogP contribution in [0.5, 0.6) is 0 Å². The molecule has 4 rings (SSSR count). The zero-order valence-corrected chi connectivity index (χ0v) is 17.9. The van der Waals surface area contributed by atoms with Crippen LogP contribution in [-0.4, -0.2) is 55.2 Å². The largest absolute Gasteiger partial charge is 0.379 e. The SMILES string of the molecule is O=C(/C=C/c1cccs1)N(CCCN1CCOCC1)c1nc2c(F)cc(F)cc2s1. The fraction of sp³-hybridized carbons (Fsp3) is 0.333. The Morgan fingerprint density at radius 2 is 2.13 bits per heavy atom. The third-order valence-electron chi connectivity index (χ3n) is 4.79. The van der Waals surface area contributed by atoms with Gasteiger partial charge in [0.2, 0.25) is 0 Å². The highest BCUT2D eigenvalue weighted by molar-refractivity contribution is 7.22. The summed E-state index contributed by atoms with van der Waals surface area (Å²) in [6.45, 7) is 4.45. The van der Waals surface area contributed by atoms with Gasteiger partial charge in [-0.2, -0.15) is 0 Å². The van der Waals surface area contributed by atoms with Gasteiger partial charge in [0.15, 0.2) is 10.9 Å². The van der Waals surface area contributed by atoms with Crippen molar-refractivity contribution in [3.05, 3.63) is 52.2 Å². The number of benzene rings is 1. The molecule has 1 aromatic carbocycles. The van der Waals surface area contributed by atoms with Crippen molar-refractivity contribution in [2.75, 3.05) is 44.3 Å². The highest BCUT2D eigenvalue weighted by atomic mass is 32.1. The van der Waals surface area contributed by atoms with Gasteiger partial charge < -0.3 is 4.74 Å². The first-order valence-electron chi connectivity index (χ1n) is 9.69. The predicted molar refractivity (Wildman–Crippen MR) is 117 cm³/mol. The maximum absolute atomic E-state index is 14.1. The lowest BCUT2D eigenvalue weighted by atomic mass is 10.3. The van der Waals surface area contributed by atoms with E-state index in [1.807, 2.05) is 17.5 Å². The molecule has 2 aromatic heterocycles. The van der Waals surface area contributed by atoms with E-state index >= 15 is 0 Å². The number of thiophene rings is 1. The van der Waals surface area contributed by atoms with Crippen molar-refractivity contribution in [2.24, 2.45) is 0 Å². The molecule has 3 heterocycles. The van der Waals surface area contributed by atoms with E-state index in [0.717, 1.165) is 61.5 Å². The number of carbonyl (C=O) groups excluding carboxylic acids is 1. The monoisotopic (exact) mass is 449 g/mol. The Morgan fingerprint density at radius 3 is 2.90 bits per heavy atom. The lowest BCUT2D eigenvalue weighted by Crippen LogP contribution is -2.39. The third kappa shape index (κ3) is 5.10. The number of carbonyl (C=O) groups is 1. The molecule has 0 unspecified atom stereocenters. The van der Waals surface area contributed by atoms with Crippen LogP contribution >= 0.6 is 22.7 Å². The van der Waals surface area contributed by atoms with Crippen LogP contribution in [0.3, 0.4) is 0 Å². The predicted octanol–water partition coefficient (Wildman–Crippen LogP) is 4.40. The second kappa shape index (κ2) is 9.74. The van der Waals surface area contributed by atoms with Crippen LogP contribution < -0.4 is 4.90 Å². The van der Waals surface area contributed by atoms with E-state index in [1.165, 1.54) is 23.5 Å². The van der Waals surface area contributed by atoms with Gasteiger partial charge in [-0.1, -0.05) is 17.4 Å². The molecule has 0 radical (unpaired) electrons. The number of morpholine rings is 1. The minimum Gasteiger partial charge on any atom is -0.379 e. The van der Waals surface area contributed by atoms with E-state index in [2.05, 4.69) is 9.88 Å². The number of fused-ring (bicyclic) bond motifs is 1. The number of ether oxygens (including phenoxy) is 1. The summed E-state index contributed by atoms with van der Waals surface area (Å²) in [5, 5.41) is 2.31. The molecular formula is C21H21F2N3O2S2. The maximum Gasteiger partial charge on any atom is 0.252 e. The Labute approximate surface area is 181 Å². The number of halogens is 2. The number of aromatic nitrogens is 1. The fourth-order valence-corrected chi connectivity index (χ4v) is 4.92. The highest BCUT2D eigenvalue weighted by Gasteiger charge is 2.20. The standard InChI is InChI=1S/C21H21F2N3O2S2/c22-15-13-17(23)20-18(14-15)30-21(24-20)26(7-2-6-25-8-10-28-11-9-25)19(27)5-4-16-3-1-12-29-16/h1,3-5,12-14H,2,6-11H2/b5-4+. The second-order valence-corrected chi connectivity index (χ2v) is 8.87. The quantitative estimate of drug-likeness (QED) is 0.502. The van der Waals surface area contributed by atoms with Crippen LogP contribution in [0.15, 0.2) is 35.7 Å². The molecule has 1 aliphatic rings. The number of thiazole rings is 1. The topological polar surface area (TPSA) is 45.7 Å². The lowest BCUT2D eigenvalue weighted by molar-refractivity contribution is -0.114. The van der Waals surface area contributed by atoms with Crippen molar-refractivity contribution in [1.82, 2.24) is 9.88 Å². The summed E-state index contributed by atoms with van der Waals surface area (Å²) in [6.07, 6.45) is 4.00. The van der Waals surface area contributed by atoms with Crippen LogP contribution in [0.2, 0.25) is 0 Å². The molecule has 1 aliphatic heterocycles. The zero-order valence-electron chi connectivity index (χ0n) is 16.2. The summed E-state index contributed by atoms with van der Waals surface area (Å²) in [4.78, 5) is 22.1. The second-order valence-electron chi connectivity index (χ2n) is 6.88. The van der Waals surface area contributed by atoms with Crippen LogP contribution in [0.4, 0.5) is 13.9 Å². The molecule has 1 saturated heterocycles. The Kier molecular flexibility index (Phi) is 6.83. The summed E-state index contributed by atoms with van der Waals surface area (Å²) in [6, 6.07) is 5.90. The highest BCUT2D eigenvalue weighted by Crippen LogP contribution is 2.31. The molecule has 0 atom stereocenters. The average molecular weight is 450 g/mol. The minimum atomic E-state index is -0.720. The van der Waals surface area contributed by atoms with Gasteiger partial charge in [0.25, 0.3) is 5.91 Å². The van der Waals surface area contributed by atoms with E-state index in [9.17, 15) is 13.6 Å². The van der Waals surface area contributed by atoms with Crippen molar-refractivity contribution in [1.29, 1.82) is 0 Å². The first-order valence-corrected chi connectivity index (χ1v) is 11.4. The van der Waals surface area contributed by atoms with Crippen LogP contribution in [0, 0.1) is 11.6 Å². The van der Waals surface area contributed by atoms with Crippen LogP contribution in [0.1, 0.15) is 11.3 Å². The smallest absolute Gasteiger partial charge is 0.252 e. The van der Waals surface area contributed by atoms with E-state index in [4.69, 9.17) is 4.74 Å². The van der Waals surface area contributed by atoms with Crippen molar-refractivity contribution in [3.63, 3.8) is 0 Å². The molecule has 9 heteroatoms. The minimum absolute atomic E-state index is 0.0876. The fourth-order valence-electron chi connectivity index (χ4n) is 3.27. The zero-order chi connectivity index (χ0) is 20.9. The van der Waals surface area contributed by atoms with Gasteiger partial charge in [0.1, 0.15) is 11.3 Å². The van der Waals surface area contributed by atoms with Gasteiger partial charge in [-0.05, 0) is 30.0 Å². The van der Waals surface area contributed by atoms with Crippen LogP contribution in [0.25, 0.3) is 16.3 Å². The molecule has 1 fully saturated rings. The number of hydrogen-bond acceptors (Lipinski definition) is 6. The molecule has 158 valence electrons. The first kappa shape index (κ1) is 21.0. The van der Waals surface area contributed by atoms with Gasteiger partial charge >= 0.3 is 0 Å². The summed E-state index contributed by atoms with van der Waals surface area (Å²) in [5.74, 6) is -1.61. The Hall–Kier alpha value is -2.20. The first-order chi connectivity index (χ1) is 14.6. The van der Waals surface area contributed by atoms with Gasteiger partial charge in [-0.3, -0.25) is 14.6 Å². The summed E-state index contributed by atoms with van der Waals surface area (Å²) in [7, 11) is 0. The lowest BCUT2D eigenvalue weighted by Gasteiger charge is -2.27. The molecule has 3 aromatic rings. The molecule has 5 nitrogen and oxygen atoms in total. The van der Waals surface area contributed by atoms with E-state index < -0.39 is 11.6 Å². The average Bonchev–Trinajstić information content (AvgIpc) is 3.40. The molecule has 0 spiro atoms. The van der Waals surface area contributed by atoms with Crippen molar-refractivity contribution in [2.45, 2.75) is 6.42 Å². The Morgan fingerprint density at radius 1 is 1.30 bits per heavy atom. The van der Waals surface area contributed by atoms with Crippen molar-refractivity contribution in [3.8, 4) is 0 Å². The van der Waals surface area contributed by atoms with Crippen molar-refractivity contribution < 1.29 is 18.3 Å². The number of nitrogens with zero attached hydrogens (tertiary/aromatic N) is 3. The van der Waals surface area contributed by atoms with Gasteiger partial charge in [-0.15, -0.1) is 11.3 Å². The molecule has 0 aliphatic carbocycles. The molecule has 0 saturated carbocycles. The van der Waals surface area contributed by atoms with Gasteiger partial charge in [-0.25, -0.2) is 13.8 Å². The number of hydrogen-bond donors (Lipinski definition) is 0. The molecule has 1 amide bonds. The van der Waals surface area contributed by atoms with Crippen LogP contribution in [-0.2, 0) is 9.53 Å². The maximum atomic E-state index is 14.1. The van der Waals surface area contributed by atoms with E-state index in [1.54, 1.807) is 11.0 Å². The molecule has 30 heavy (non-hydrogen) atoms. The Bertz CT molecular complexity index is 1030. The number of rotatable bonds is 7. The molecular weight excluding hydrogens is 428 g/mol. The number of anilines is 1. The number of amides is 1. The van der Waals surface area contributed by atoms with E-state index in [0.29, 0.717) is 16.4 Å². The summed E-state index contributed by atoms with van der Waals surface area (Å²) >= 11 is 2.66. The van der Waals surface area contributed by atoms with E-state index in [-0.39, 0.29) is 11.4 Å². The summed E-state index contributed by atoms with van der Waals surface area (Å²) < 4.78 is 33.5. The normalized spacial score (nSPS) is 15.3. The van der Waals surface area contributed by atoms with Gasteiger partial charge in [0, 0.05) is 43.2 Å². The van der Waals surface area contributed by atoms with Crippen molar-refractivity contribution >= 4 is 50.0 Å². The van der Waals surface area contributed by atoms with Gasteiger partial charge in [0.05, 0.1) is 17.9 Å². The third-order valence-corrected chi connectivity index (χ3v) is 6.65.